The molecule has 1 atom stereocenters. The molecule has 2 aliphatic rings. The Bertz CT molecular complexity index is 1280. The van der Waals surface area contributed by atoms with Crippen LogP contribution in [-0.4, -0.2) is 34.9 Å². The Morgan fingerprint density at radius 1 is 1.16 bits per heavy atom. The van der Waals surface area contributed by atoms with Crippen LogP contribution >= 0.6 is 11.3 Å². The van der Waals surface area contributed by atoms with Gasteiger partial charge >= 0.3 is 12.3 Å². The summed E-state index contributed by atoms with van der Waals surface area (Å²) in [5.41, 5.74) is -0.157. The Kier molecular flexibility index (Phi) is 4.35. The van der Waals surface area contributed by atoms with Crippen molar-refractivity contribution in [1.82, 2.24) is 4.98 Å². The Morgan fingerprint density at radius 2 is 1.91 bits per heavy atom. The van der Waals surface area contributed by atoms with Crippen molar-refractivity contribution in [2.75, 3.05) is 11.9 Å². The number of carboxylic acid groups (broad SMARTS) is 1. The van der Waals surface area contributed by atoms with Gasteiger partial charge in [-0.05, 0) is 31.2 Å². The molecule has 1 amide bonds. The molecule has 4 heterocycles. The molecule has 0 spiro atoms. The first-order chi connectivity index (χ1) is 15.1. The number of pyridine rings is 1. The van der Waals surface area contributed by atoms with E-state index in [9.17, 15) is 18.4 Å². The highest BCUT2D eigenvalue weighted by Gasteiger charge is 2.48. The molecule has 3 aromatic rings. The van der Waals surface area contributed by atoms with Gasteiger partial charge in [0.2, 0.25) is 5.91 Å². The maximum Gasteiger partial charge on any atom is 0.586 e. The number of rotatable bonds is 4. The van der Waals surface area contributed by atoms with Crippen molar-refractivity contribution in [1.29, 1.82) is 0 Å². The number of anilines is 1. The molecular formula is C21H14F2N2O6S. The van der Waals surface area contributed by atoms with Gasteiger partial charge in [0.05, 0.1) is 16.1 Å². The third-order valence-electron chi connectivity index (χ3n) is 5.20. The minimum Gasteiger partial charge on any atom is -0.492 e. The van der Waals surface area contributed by atoms with E-state index < -0.39 is 23.6 Å². The van der Waals surface area contributed by atoms with Gasteiger partial charge in [0, 0.05) is 17.0 Å². The van der Waals surface area contributed by atoms with E-state index in [4.69, 9.17) is 9.84 Å². The lowest BCUT2D eigenvalue weighted by atomic mass is 9.83. The van der Waals surface area contributed by atoms with E-state index in [2.05, 4.69) is 19.8 Å². The number of hydrogen-bond acceptors (Lipinski definition) is 7. The fourth-order valence-corrected chi connectivity index (χ4v) is 4.35. The molecule has 0 radical (unpaired) electrons. The number of aromatic nitrogens is 1. The topological polar surface area (TPSA) is 107 Å². The Labute approximate surface area is 183 Å². The molecule has 1 aromatic carbocycles. The summed E-state index contributed by atoms with van der Waals surface area (Å²) in [6.45, 7) is 1.61. The number of alkyl halides is 2. The van der Waals surface area contributed by atoms with Crippen molar-refractivity contribution < 1.29 is 37.7 Å². The van der Waals surface area contributed by atoms with Gasteiger partial charge in [-0.3, -0.25) is 4.79 Å². The molecule has 11 heteroatoms. The molecule has 0 aliphatic carbocycles. The van der Waals surface area contributed by atoms with Crippen molar-refractivity contribution in [2.45, 2.75) is 18.6 Å². The van der Waals surface area contributed by atoms with Gasteiger partial charge in [-0.15, -0.1) is 20.1 Å². The molecule has 0 unspecified atom stereocenters. The van der Waals surface area contributed by atoms with Crippen LogP contribution in [0.1, 0.15) is 22.8 Å². The molecule has 0 bridgehead atoms. The number of aromatic carboxylic acids is 1. The predicted molar refractivity (Wildman–Crippen MR) is 109 cm³/mol. The highest BCUT2D eigenvalue weighted by Crippen LogP contribution is 2.50. The maximum absolute atomic E-state index is 13.4. The second-order valence-electron chi connectivity index (χ2n) is 7.45. The van der Waals surface area contributed by atoms with Crippen molar-refractivity contribution in [3.63, 3.8) is 0 Å². The summed E-state index contributed by atoms with van der Waals surface area (Å²) in [5.74, 6) is -1.33. The summed E-state index contributed by atoms with van der Waals surface area (Å²) in [6, 6.07) is 9.07. The predicted octanol–water partition coefficient (Wildman–Crippen LogP) is 4.12. The summed E-state index contributed by atoms with van der Waals surface area (Å²) in [4.78, 5) is 29.3. The summed E-state index contributed by atoms with van der Waals surface area (Å²) >= 11 is 1.22. The average Bonchev–Trinajstić information content (AvgIpc) is 3.42. The van der Waals surface area contributed by atoms with Gasteiger partial charge in [0.15, 0.2) is 11.5 Å². The van der Waals surface area contributed by atoms with Crippen LogP contribution in [0.2, 0.25) is 0 Å². The number of carbonyl (C=O) groups excluding carboxylic acids is 1. The van der Waals surface area contributed by atoms with E-state index in [1.807, 2.05) is 0 Å². The quantitative estimate of drug-likeness (QED) is 0.603. The number of halogens is 2. The number of thiophene rings is 1. The van der Waals surface area contributed by atoms with Crippen LogP contribution < -0.4 is 19.5 Å². The minimum atomic E-state index is -3.78. The molecule has 0 fully saturated rings. The van der Waals surface area contributed by atoms with Crippen molar-refractivity contribution in [2.24, 2.45) is 0 Å². The first-order valence-corrected chi connectivity index (χ1v) is 10.2. The first-order valence-electron chi connectivity index (χ1n) is 9.32. The molecule has 32 heavy (non-hydrogen) atoms. The number of benzene rings is 1. The lowest BCUT2D eigenvalue weighted by Gasteiger charge is -2.21. The van der Waals surface area contributed by atoms with E-state index in [0.717, 1.165) is 0 Å². The smallest absolute Gasteiger partial charge is 0.492 e. The number of carboxylic acids is 1. The van der Waals surface area contributed by atoms with E-state index in [-0.39, 0.29) is 35.2 Å². The Balaban J connectivity index is 1.40. The summed E-state index contributed by atoms with van der Waals surface area (Å²) in [5, 5.41) is 13.3. The standard InChI is InChI=1S/C21H14F2N2O6S/c1-20(9-29-13-7-15-14(6-11(13)20)30-21(22,23)31-15)19(28)25-17-4-2-3-12(24-17)16-5-10(8-32-16)18(26)27/h2-8H,9H2,1H3,(H,26,27)(H,24,25,28)/t20-/m0/s1. The molecule has 2 aromatic heterocycles. The van der Waals surface area contributed by atoms with Gasteiger partial charge in [-0.25, -0.2) is 9.78 Å². The number of ether oxygens (including phenoxy) is 3. The molecule has 0 saturated heterocycles. The summed E-state index contributed by atoms with van der Waals surface area (Å²) < 4.78 is 41.3. The molecule has 0 saturated carbocycles. The molecule has 8 nitrogen and oxygen atoms in total. The van der Waals surface area contributed by atoms with Crippen molar-refractivity contribution in [3.05, 3.63) is 52.9 Å². The van der Waals surface area contributed by atoms with Gasteiger partial charge in [-0.2, -0.15) is 0 Å². The second kappa shape index (κ2) is 6.89. The first kappa shape index (κ1) is 20.2. The summed E-state index contributed by atoms with van der Waals surface area (Å²) in [7, 11) is 0. The zero-order chi connectivity index (χ0) is 22.7. The van der Waals surface area contributed by atoms with Crippen LogP contribution in [0.5, 0.6) is 17.2 Å². The molecule has 2 aliphatic heterocycles. The minimum absolute atomic E-state index is 0.0138. The third kappa shape index (κ3) is 3.30. The normalized spacial score (nSPS) is 19.8. The molecule has 164 valence electrons. The fraction of sp³-hybridized carbons (Fsp3) is 0.190. The number of nitrogens with zero attached hydrogens (tertiary/aromatic N) is 1. The largest absolute Gasteiger partial charge is 0.586 e. The van der Waals surface area contributed by atoms with E-state index >= 15 is 0 Å². The zero-order valence-corrected chi connectivity index (χ0v) is 17.2. The van der Waals surface area contributed by atoms with Crippen LogP contribution in [-0.2, 0) is 10.2 Å². The van der Waals surface area contributed by atoms with Gasteiger partial charge in [0.1, 0.15) is 23.6 Å². The molecule has 2 N–H and O–H groups in total. The van der Waals surface area contributed by atoms with Gasteiger partial charge < -0.3 is 24.6 Å². The number of nitrogens with one attached hydrogen (secondary N) is 1. The van der Waals surface area contributed by atoms with E-state index in [0.29, 0.717) is 16.1 Å². The van der Waals surface area contributed by atoms with Crippen LogP contribution in [0.15, 0.2) is 41.8 Å². The maximum atomic E-state index is 13.4. The van der Waals surface area contributed by atoms with Crippen LogP contribution in [0.25, 0.3) is 10.6 Å². The SMILES string of the molecule is C[C@]1(C(=O)Nc2cccc(-c3cc(C(=O)O)cs3)n2)COc2cc3c(cc21)OC(F)(F)O3. The third-order valence-corrected chi connectivity index (χ3v) is 6.16. The average molecular weight is 460 g/mol. The lowest BCUT2D eigenvalue weighted by Crippen LogP contribution is -2.39. The van der Waals surface area contributed by atoms with Gasteiger partial charge in [0.25, 0.3) is 0 Å². The van der Waals surface area contributed by atoms with E-state index in [1.54, 1.807) is 25.1 Å². The zero-order valence-electron chi connectivity index (χ0n) is 16.3. The Morgan fingerprint density at radius 3 is 2.62 bits per heavy atom. The van der Waals surface area contributed by atoms with Crippen LogP contribution in [0.3, 0.4) is 0 Å². The Hall–Kier alpha value is -3.73. The van der Waals surface area contributed by atoms with Gasteiger partial charge in [-0.1, -0.05) is 6.07 Å². The highest BCUT2D eigenvalue weighted by molar-refractivity contribution is 7.13. The lowest BCUT2D eigenvalue weighted by molar-refractivity contribution is -0.286. The molecule has 5 rings (SSSR count). The van der Waals surface area contributed by atoms with Crippen LogP contribution in [0.4, 0.5) is 14.6 Å². The monoisotopic (exact) mass is 460 g/mol. The highest BCUT2D eigenvalue weighted by atomic mass is 32.1. The van der Waals surface area contributed by atoms with E-state index in [1.165, 1.54) is 34.9 Å². The van der Waals surface area contributed by atoms with Crippen molar-refractivity contribution >= 4 is 29.0 Å². The number of fused-ring (bicyclic) bond motifs is 2. The second-order valence-corrected chi connectivity index (χ2v) is 8.36. The van der Waals surface area contributed by atoms with Crippen molar-refractivity contribution in [3.8, 4) is 27.8 Å². The molecular weight excluding hydrogens is 446 g/mol. The van der Waals surface area contributed by atoms with Crippen LogP contribution in [0, 0.1) is 0 Å². The number of amides is 1. The number of hydrogen-bond donors (Lipinski definition) is 2. The fourth-order valence-electron chi connectivity index (χ4n) is 3.49. The number of carbonyl (C=O) groups is 2. The summed E-state index contributed by atoms with van der Waals surface area (Å²) in [6.07, 6.45) is -3.78.